The number of para-hydroxylation sites is 2. The lowest BCUT2D eigenvalue weighted by molar-refractivity contribution is -0.401. The van der Waals surface area contributed by atoms with E-state index in [9.17, 15) is 4.79 Å². The van der Waals surface area contributed by atoms with Gasteiger partial charge in [-0.3, -0.25) is 4.79 Å². The van der Waals surface area contributed by atoms with Gasteiger partial charge in [-0.05, 0) is 38.0 Å². The molecule has 5 rings (SSSR count). The third kappa shape index (κ3) is 5.32. The number of benzene rings is 3. The van der Waals surface area contributed by atoms with Gasteiger partial charge in [0.25, 0.3) is 0 Å². The van der Waals surface area contributed by atoms with Crippen LogP contribution in [0.5, 0.6) is 0 Å². The van der Waals surface area contributed by atoms with Crippen LogP contribution in [0.1, 0.15) is 92.0 Å². The SMILES string of the molecule is CCCCCCCCn1c(C)c(C(=C2C(C)=[N+](C)c3ccccc32)c2ccccc2C(C)=O)c2ccccc21.[Cl-]. The summed E-state index contributed by atoms with van der Waals surface area (Å²) in [6, 6.07) is 25.6. The van der Waals surface area contributed by atoms with Gasteiger partial charge in [0.05, 0.1) is 11.1 Å². The van der Waals surface area contributed by atoms with Crippen molar-refractivity contribution in [2.24, 2.45) is 0 Å². The Bertz CT molecular complexity index is 1600. The number of nitrogens with zero attached hydrogens (tertiary/aromatic N) is 2. The number of aryl methyl sites for hydroxylation is 1. The quantitative estimate of drug-likeness (QED) is 0.130. The number of ketones is 1. The molecule has 1 aromatic heterocycles. The molecule has 1 aliphatic heterocycles. The summed E-state index contributed by atoms with van der Waals surface area (Å²) in [4.78, 5) is 13.0. The Morgan fingerprint density at radius 3 is 2.17 bits per heavy atom. The van der Waals surface area contributed by atoms with Crippen molar-refractivity contribution in [3.8, 4) is 0 Å². The third-order valence-corrected chi connectivity index (χ3v) is 8.44. The maximum absolute atomic E-state index is 13.0. The van der Waals surface area contributed by atoms with Gasteiger partial charge in [-0.2, -0.15) is 4.58 Å². The second-order valence-corrected chi connectivity index (χ2v) is 10.9. The van der Waals surface area contributed by atoms with Gasteiger partial charge in [0.2, 0.25) is 5.69 Å². The summed E-state index contributed by atoms with van der Waals surface area (Å²) in [6.45, 7) is 9.43. The highest BCUT2D eigenvalue weighted by Crippen LogP contribution is 2.45. The maximum atomic E-state index is 13.0. The van der Waals surface area contributed by atoms with Gasteiger partial charge >= 0.3 is 0 Å². The molecule has 0 unspecified atom stereocenters. The molecule has 4 heteroatoms. The van der Waals surface area contributed by atoms with Crippen LogP contribution in [0.2, 0.25) is 0 Å². The molecule has 2 heterocycles. The second kappa shape index (κ2) is 12.8. The van der Waals surface area contributed by atoms with Crippen LogP contribution in [0.3, 0.4) is 0 Å². The second-order valence-electron chi connectivity index (χ2n) is 10.9. The van der Waals surface area contributed by atoms with E-state index in [1.54, 1.807) is 6.92 Å². The smallest absolute Gasteiger partial charge is 0.213 e. The average Bonchev–Trinajstić information content (AvgIpc) is 3.37. The number of fused-ring (bicyclic) bond motifs is 2. The minimum Gasteiger partial charge on any atom is -1.00 e. The fraction of sp³-hybridized carbons (Fsp3) is 0.333. The standard InChI is InChI=1S/C36H41N2O.ClH/c1-6-7-8-9-10-17-24-38-26(3)35(31-21-14-16-23-33(31)38)36(29-19-12-11-18-28(29)27(4)39)34-25(2)37(5)32-22-15-13-20-30(32)34;/h11-16,18-23H,6-10,17,24H2,1-5H3;1H/q+1;/p-1. The van der Waals surface area contributed by atoms with E-state index in [0.29, 0.717) is 0 Å². The van der Waals surface area contributed by atoms with Gasteiger partial charge in [0, 0.05) is 52.8 Å². The summed E-state index contributed by atoms with van der Waals surface area (Å²) in [5, 5.41) is 1.25. The monoisotopic (exact) mass is 552 g/mol. The molecule has 0 saturated carbocycles. The largest absolute Gasteiger partial charge is 1.00 e. The van der Waals surface area contributed by atoms with E-state index in [1.165, 1.54) is 83.2 Å². The van der Waals surface area contributed by atoms with Crippen molar-refractivity contribution in [1.29, 1.82) is 0 Å². The van der Waals surface area contributed by atoms with Crippen LogP contribution >= 0.6 is 0 Å². The number of halogens is 1. The van der Waals surface area contributed by atoms with Crippen LogP contribution in [0.25, 0.3) is 22.0 Å². The van der Waals surface area contributed by atoms with Crippen molar-refractivity contribution in [2.45, 2.75) is 72.8 Å². The fourth-order valence-electron chi connectivity index (χ4n) is 6.32. The van der Waals surface area contributed by atoms with E-state index in [-0.39, 0.29) is 18.2 Å². The molecule has 40 heavy (non-hydrogen) atoms. The molecule has 0 bridgehead atoms. The van der Waals surface area contributed by atoms with Crippen molar-refractivity contribution in [2.75, 3.05) is 7.05 Å². The van der Waals surface area contributed by atoms with E-state index >= 15 is 0 Å². The molecule has 0 atom stereocenters. The molecule has 0 amide bonds. The molecule has 0 fully saturated rings. The molecular formula is C36H41ClN2O. The van der Waals surface area contributed by atoms with Crippen LogP contribution in [0.15, 0.2) is 72.8 Å². The first kappa shape index (κ1) is 29.6. The summed E-state index contributed by atoms with van der Waals surface area (Å²) in [7, 11) is 2.14. The Kier molecular flexibility index (Phi) is 9.48. The highest BCUT2D eigenvalue weighted by atomic mass is 35.5. The molecule has 0 saturated heterocycles. The van der Waals surface area contributed by atoms with Gasteiger partial charge in [0.15, 0.2) is 11.5 Å². The van der Waals surface area contributed by atoms with Crippen molar-refractivity contribution >= 4 is 39.2 Å². The normalized spacial score (nSPS) is 13.9. The molecule has 3 nitrogen and oxygen atoms in total. The van der Waals surface area contributed by atoms with Crippen LogP contribution in [-0.2, 0) is 6.54 Å². The molecule has 0 radical (unpaired) electrons. The predicted octanol–water partition coefficient (Wildman–Crippen LogP) is 6.22. The van der Waals surface area contributed by atoms with Gasteiger partial charge in [0.1, 0.15) is 7.05 Å². The first-order valence-corrected chi connectivity index (χ1v) is 14.6. The lowest BCUT2D eigenvalue weighted by atomic mass is 9.84. The van der Waals surface area contributed by atoms with E-state index < -0.39 is 0 Å². The maximum Gasteiger partial charge on any atom is 0.213 e. The Morgan fingerprint density at radius 2 is 1.43 bits per heavy atom. The Morgan fingerprint density at radius 1 is 0.800 bits per heavy atom. The molecule has 3 aromatic carbocycles. The summed E-state index contributed by atoms with van der Waals surface area (Å²) in [5.41, 5.74) is 11.6. The highest BCUT2D eigenvalue weighted by molar-refractivity contribution is 6.34. The zero-order valence-corrected chi connectivity index (χ0v) is 25.3. The number of Topliss-reactive ketones (excluding diaryl/α,β-unsaturated/α-hetero) is 1. The van der Waals surface area contributed by atoms with Crippen LogP contribution in [-0.4, -0.2) is 27.7 Å². The minimum absolute atomic E-state index is 0. The zero-order chi connectivity index (χ0) is 27.5. The summed E-state index contributed by atoms with van der Waals surface area (Å²) in [5.74, 6) is 0.0921. The number of aromatic nitrogens is 1. The molecular weight excluding hydrogens is 512 g/mol. The number of carbonyl (C=O) groups is 1. The third-order valence-electron chi connectivity index (χ3n) is 8.44. The lowest BCUT2D eigenvalue weighted by Crippen LogP contribution is -3.00. The topological polar surface area (TPSA) is 25.0 Å². The molecule has 0 spiro atoms. The first-order chi connectivity index (χ1) is 19.0. The molecule has 0 N–H and O–H groups in total. The van der Waals surface area contributed by atoms with E-state index in [0.717, 1.165) is 23.2 Å². The van der Waals surface area contributed by atoms with E-state index in [1.807, 2.05) is 12.1 Å². The number of carbonyl (C=O) groups excluding carboxylic acids is 1. The van der Waals surface area contributed by atoms with Crippen molar-refractivity contribution in [1.82, 2.24) is 4.57 Å². The number of hydrogen-bond donors (Lipinski definition) is 0. The average molecular weight is 553 g/mol. The number of unbranched alkanes of at least 4 members (excludes halogenated alkanes) is 5. The Labute approximate surface area is 245 Å². The number of rotatable bonds is 10. The van der Waals surface area contributed by atoms with E-state index in [2.05, 4.69) is 97.6 Å². The minimum atomic E-state index is 0. The molecule has 1 aliphatic rings. The summed E-state index contributed by atoms with van der Waals surface area (Å²) >= 11 is 0. The van der Waals surface area contributed by atoms with Crippen molar-refractivity contribution in [3.63, 3.8) is 0 Å². The lowest BCUT2D eigenvalue weighted by Gasteiger charge is -2.16. The Balaban J connectivity index is 0.00000370. The first-order valence-electron chi connectivity index (χ1n) is 14.6. The van der Waals surface area contributed by atoms with Crippen molar-refractivity contribution in [3.05, 3.63) is 101 Å². The molecule has 0 aliphatic carbocycles. The van der Waals surface area contributed by atoms with Crippen molar-refractivity contribution < 1.29 is 21.8 Å². The molecule has 208 valence electrons. The molecule has 4 aromatic rings. The van der Waals surface area contributed by atoms with Gasteiger partial charge in [-0.1, -0.05) is 93.6 Å². The summed E-state index contributed by atoms with van der Waals surface area (Å²) in [6.07, 6.45) is 7.67. The highest BCUT2D eigenvalue weighted by Gasteiger charge is 2.34. The van der Waals surface area contributed by atoms with Gasteiger partial charge in [-0.25, -0.2) is 0 Å². The fourth-order valence-corrected chi connectivity index (χ4v) is 6.32. The van der Waals surface area contributed by atoms with E-state index in [4.69, 9.17) is 0 Å². The van der Waals surface area contributed by atoms with Gasteiger partial charge < -0.3 is 17.0 Å². The van der Waals surface area contributed by atoms with Crippen LogP contribution < -0.4 is 12.4 Å². The predicted molar refractivity (Wildman–Crippen MR) is 165 cm³/mol. The number of hydrogen-bond acceptors (Lipinski definition) is 1. The zero-order valence-electron chi connectivity index (χ0n) is 24.6. The van der Waals surface area contributed by atoms with Crippen LogP contribution in [0, 0.1) is 6.92 Å². The van der Waals surface area contributed by atoms with Crippen LogP contribution in [0.4, 0.5) is 5.69 Å². The number of allylic oxidation sites excluding steroid dienone is 1. The van der Waals surface area contributed by atoms with Gasteiger partial charge in [-0.15, -0.1) is 0 Å². The Hall–Kier alpha value is -3.43. The summed E-state index contributed by atoms with van der Waals surface area (Å²) < 4.78 is 4.80.